The topological polar surface area (TPSA) is 8.81 Å². The SMILES string of the molecule is Cc1cccc(C)c1-[n+]1cc(C)n(C(C)C)c1-c1ccccc1C(C)C. The molecule has 0 N–H and O–H groups in total. The van der Waals surface area contributed by atoms with Gasteiger partial charge in [-0.05, 0) is 56.4 Å². The Hall–Kier alpha value is -2.35. The minimum atomic E-state index is 0.399. The van der Waals surface area contributed by atoms with Crippen molar-refractivity contribution in [3.8, 4) is 17.1 Å². The van der Waals surface area contributed by atoms with E-state index in [9.17, 15) is 0 Å². The molecule has 0 radical (unpaired) electrons. The highest BCUT2D eigenvalue weighted by Gasteiger charge is 2.29. The summed E-state index contributed by atoms with van der Waals surface area (Å²) in [6.45, 7) is 15.7. The molecule has 0 unspecified atom stereocenters. The van der Waals surface area contributed by atoms with E-state index >= 15 is 0 Å². The van der Waals surface area contributed by atoms with Gasteiger partial charge >= 0.3 is 0 Å². The van der Waals surface area contributed by atoms with Crippen molar-refractivity contribution in [1.82, 2.24) is 4.57 Å². The van der Waals surface area contributed by atoms with E-state index in [1.54, 1.807) is 0 Å². The maximum absolute atomic E-state index is 2.47. The Bertz CT molecular complexity index is 909. The molecule has 1 heterocycles. The Balaban J connectivity index is 2.42. The van der Waals surface area contributed by atoms with Crippen LogP contribution in [0.15, 0.2) is 48.7 Å². The summed E-state index contributed by atoms with van der Waals surface area (Å²) >= 11 is 0. The molecule has 2 aromatic carbocycles. The molecule has 0 atom stereocenters. The molecule has 136 valence electrons. The lowest BCUT2D eigenvalue weighted by molar-refractivity contribution is -0.584. The molecular weight excluding hydrogens is 316 g/mol. The number of benzene rings is 2. The summed E-state index contributed by atoms with van der Waals surface area (Å²) in [6.07, 6.45) is 2.29. The second-order valence-corrected chi connectivity index (χ2v) is 7.91. The fourth-order valence-electron chi connectivity index (χ4n) is 4.06. The standard InChI is InChI=1S/C24H31N2/c1-16(2)21-13-8-9-14-22(21)24-25(15-20(7)26(24)17(3)4)23-18(5)11-10-12-19(23)6/h8-17H,1-7H3/q+1. The summed E-state index contributed by atoms with van der Waals surface area (Å²) in [4.78, 5) is 0. The van der Waals surface area contributed by atoms with Crippen molar-refractivity contribution in [2.45, 2.75) is 60.4 Å². The first-order valence-corrected chi connectivity index (χ1v) is 9.62. The molecule has 0 bridgehead atoms. The van der Waals surface area contributed by atoms with Gasteiger partial charge in [0.05, 0.1) is 11.6 Å². The lowest BCUT2D eigenvalue weighted by atomic mass is 9.96. The molecule has 2 nitrogen and oxygen atoms in total. The highest BCUT2D eigenvalue weighted by atomic mass is 15.2. The Labute approximate surface area is 158 Å². The molecule has 0 saturated heterocycles. The van der Waals surface area contributed by atoms with Crippen LogP contribution in [-0.4, -0.2) is 4.57 Å². The van der Waals surface area contributed by atoms with E-state index in [1.807, 2.05) is 0 Å². The normalized spacial score (nSPS) is 11.6. The average Bonchev–Trinajstić information content (AvgIpc) is 2.91. The van der Waals surface area contributed by atoms with Crippen LogP contribution in [-0.2, 0) is 0 Å². The molecule has 2 heteroatoms. The van der Waals surface area contributed by atoms with Crippen LogP contribution in [0, 0.1) is 20.8 Å². The summed E-state index contributed by atoms with van der Waals surface area (Å²) in [5.41, 5.74) is 7.91. The van der Waals surface area contributed by atoms with Crippen molar-refractivity contribution in [1.29, 1.82) is 0 Å². The minimum Gasteiger partial charge on any atom is -0.225 e. The van der Waals surface area contributed by atoms with Crippen molar-refractivity contribution in [3.05, 3.63) is 71.0 Å². The van der Waals surface area contributed by atoms with Crippen molar-refractivity contribution < 1.29 is 4.57 Å². The highest BCUT2D eigenvalue weighted by Crippen LogP contribution is 2.31. The van der Waals surface area contributed by atoms with Crippen molar-refractivity contribution in [2.24, 2.45) is 0 Å². The summed E-state index contributed by atoms with van der Waals surface area (Å²) in [6, 6.07) is 15.8. The molecule has 0 aliphatic carbocycles. The van der Waals surface area contributed by atoms with Crippen LogP contribution in [0.4, 0.5) is 0 Å². The minimum absolute atomic E-state index is 0.399. The number of imidazole rings is 1. The molecule has 3 rings (SSSR count). The second-order valence-electron chi connectivity index (χ2n) is 7.91. The maximum atomic E-state index is 2.47. The van der Waals surface area contributed by atoms with Gasteiger partial charge in [0.2, 0.25) is 0 Å². The van der Waals surface area contributed by atoms with Gasteiger partial charge in [-0.2, -0.15) is 4.57 Å². The smallest absolute Gasteiger partial charge is 0.225 e. The highest BCUT2D eigenvalue weighted by molar-refractivity contribution is 5.61. The first-order chi connectivity index (χ1) is 12.3. The van der Waals surface area contributed by atoms with E-state index in [0.717, 1.165) is 0 Å². The number of rotatable bonds is 4. The molecule has 0 aliphatic rings. The Kier molecular flexibility index (Phi) is 5.04. The molecular formula is C24H31N2+. The Morgan fingerprint density at radius 2 is 1.42 bits per heavy atom. The van der Waals surface area contributed by atoms with Crippen LogP contribution in [0.5, 0.6) is 0 Å². The number of aromatic nitrogens is 2. The summed E-state index contributed by atoms with van der Waals surface area (Å²) in [5, 5.41) is 0. The lowest BCUT2D eigenvalue weighted by Crippen LogP contribution is -2.34. The molecule has 0 amide bonds. The fourth-order valence-corrected chi connectivity index (χ4v) is 4.06. The first-order valence-electron chi connectivity index (χ1n) is 9.62. The van der Waals surface area contributed by atoms with Gasteiger partial charge in [0.25, 0.3) is 5.82 Å². The van der Waals surface area contributed by atoms with Gasteiger partial charge < -0.3 is 0 Å². The number of hydrogen-bond donors (Lipinski definition) is 0. The Morgan fingerprint density at radius 1 is 0.808 bits per heavy atom. The van der Waals surface area contributed by atoms with Crippen LogP contribution in [0.1, 0.15) is 62.0 Å². The average molecular weight is 348 g/mol. The van der Waals surface area contributed by atoms with Gasteiger partial charge in [-0.25, -0.2) is 4.57 Å². The van der Waals surface area contributed by atoms with Crippen molar-refractivity contribution in [2.75, 3.05) is 0 Å². The third-order valence-corrected chi connectivity index (χ3v) is 5.17. The Morgan fingerprint density at radius 3 is 2.00 bits per heavy atom. The predicted octanol–water partition coefficient (Wildman–Crippen LogP) is 6.06. The van der Waals surface area contributed by atoms with E-state index < -0.39 is 0 Å². The van der Waals surface area contributed by atoms with Crippen LogP contribution >= 0.6 is 0 Å². The number of nitrogens with zero attached hydrogens (tertiary/aromatic N) is 2. The number of hydrogen-bond acceptors (Lipinski definition) is 0. The van der Waals surface area contributed by atoms with Crippen LogP contribution in [0.3, 0.4) is 0 Å². The van der Waals surface area contributed by atoms with E-state index in [2.05, 4.69) is 106 Å². The van der Waals surface area contributed by atoms with Crippen LogP contribution in [0.25, 0.3) is 17.1 Å². The van der Waals surface area contributed by atoms with Gasteiger partial charge in [-0.3, -0.25) is 0 Å². The van der Waals surface area contributed by atoms with E-state index in [-0.39, 0.29) is 0 Å². The van der Waals surface area contributed by atoms with Gasteiger partial charge in [-0.15, -0.1) is 0 Å². The monoisotopic (exact) mass is 347 g/mol. The number of para-hydroxylation sites is 1. The van der Waals surface area contributed by atoms with Crippen LogP contribution in [0.2, 0.25) is 0 Å². The zero-order valence-electron chi connectivity index (χ0n) is 17.2. The largest absolute Gasteiger partial charge is 0.294 e. The zero-order chi connectivity index (χ0) is 19.0. The van der Waals surface area contributed by atoms with Gasteiger partial charge in [0.15, 0.2) is 0 Å². The van der Waals surface area contributed by atoms with E-state index in [1.165, 1.54) is 39.5 Å². The second kappa shape index (κ2) is 7.11. The lowest BCUT2D eigenvalue weighted by Gasteiger charge is -2.15. The predicted molar refractivity (Wildman–Crippen MR) is 110 cm³/mol. The third kappa shape index (κ3) is 3.09. The molecule has 0 saturated carbocycles. The van der Waals surface area contributed by atoms with E-state index in [0.29, 0.717) is 12.0 Å². The molecule has 3 aromatic rings. The molecule has 1 aromatic heterocycles. The quantitative estimate of drug-likeness (QED) is 0.507. The van der Waals surface area contributed by atoms with Crippen molar-refractivity contribution >= 4 is 0 Å². The van der Waals surface area contributed by atoms with Gasteiger partial charge in [0, 0.05) is 6.92 Å². The van der Waals surface area contributed by atoms with Crippen LogP contribution < -0.4 is 4.57 Å². The van der Waals surface area contributed by atoms with Gasteiger partial charge in [0.1, 0.15) is 17.6 Å². The van der Waals surface area contributed by atoms with Crippen molar-refractivity contribution in [3.63, 3.8) is 0 Å². The summed E-state index contributed by atoms with van der Waals surface area (Å²) in [5.74, 6) is 1.76. The first kappa shape index (κ1) is 18.4. The zero-order valence-corrected chi connectivity index (χ0v) is 17.2. The maximum Gasteiger partial charge on any atom is 0.294 e. The van der Waals surface area contributed by atoms with Gasteiger partial charge in [-0.1, -0.05) is 50.2 Å². The molecule has 0 spiro atoms. The molecule has 0 fully saturated rings. The van der Waals surface area contributed by atoms with E-state index in [4.69, 9.17) is 0 Å². The number of aryl methyl sites for hydroxylation is 3. The third-order valence-electron chi connectivity index (χ3n) is 5.17. The summed E-state index contributed by atoms with van der Waals surface area (Å²) < 4.78 is 4.87. The summed E-state index contributed by atoms with van der Waals surface area (Å²) in [7, 11) is 0. The molecule has 26 heavy (non-hydrogen) atoms. The molecule has 0 aliphatic heterocycles. The fraction of sp³-hybridized carbons (Fsp3) is 0.375.